The zero-order chi connectivity index (χ0) is 8.97. The Kier molecular flexibility index (Phi) is 3.50. The van der Waals surface area contributed by atoms with Crippen LogP contribution in [0.1, 0.15) is 5.56 Å². The maximum atomic E-state index is 10.2. The molecular weight excluding hydrogens is 239 g/mol. The van der Waals surface area contributed by atoms with Crippen LogP contribution in [0.15, 0.2) is 28.7 Å². The summed E-state index contributed by atoms with van der Waals surface area (Å²) in [5.74, 6) is 0. The fourth-order valence-electron chi connectivity index (χ4n) is 0.790. The fraction of sp³-hybridized carbons (Fsp3) is 0. The average Bonchev–Trinajstić information content (AvgIpc) is 2.04. The third kappa shape index (κ3) is 2.80. The number of hydrogen-bond acceptors (Lipinski definition) is 1. The van der Waals surface area contributed by atoms with Crippen molar-refractivity contribution in [3.05, 3.63) is 39.3 Å². The van der Waals surface area contributed by atoms with Gasteiger partial charge in [-0.25, -0.2) is 0 Å². The smallest absolute Gasteiger partial charge is 0.157 e. The van der Waals surface area contributed by atoms with Crippen LogP contribution in [0.5, 0.6) is 0 Å². The number of rotatable bonds is 2. The highest BCUT2D eigenvalue weighted by molar-refractivity contribution is 9.12. The molecule has 0 spiro atoms. The summed E-state index contributed by atoms with van der Waals surface area (Å²) in [6.45, 7) is 0. The molecule has 0 unspecified atom stereocenters. The van der Waals surface area contributed by atoms with E-state index >= 15 is 0 Å². The van der Waals surface area contributed by atoms with Gasteiger partial charge in [-0.15, -0.1) is 0 Å². The fourth-order valence-corrected chi connectivity index (χ4v) is 1.25. The van der Waals surface area contributed by atoms with Crippen molar-refractivity contribution < 1.29 is 4.79 Å². The Hall–Kier alpha value is -0.600. The molecule has 0 bridgehead atoms. The van der Waals surface area contributed by atoms with Gasteiger partial charge < -0.3 is 0 Å². The maximum absolute atomic E-state index is 10.2. The van der Waals surface area contributed by atoms with Gasteiger partial charge in [-0.2, -0.15) is 0 Å². The predicted molar refractivity (Wildman–Crippen MR) is 54.4 cm³/mol. The largest absolute Gasteiger partial charge is 0.297 e. The Balaban J connectivity index is 2.97. The van der Waals surface area contributed by atoms with Gasteiger partial charge in [-0.1, -0.05) is 23.7 Å². The highest BCUT2D eigenvalue weighted by Gasteiger charge is 1.91. The van der Waals surface area contributed by atoms with E-state index in [4.69, 9.17) is 11.6 Å². The summed E-state index contributed by atoms with van der Waals surface area (Å²) < 4.78 is 0.504. The van der Waals surface area contributed by atoms with E-state index in [-0.39, 0.29) is 0 Å². The zero-order valence-electron chi connectivity index (χ0n) is 6.13. The SMILES string of the molecule is O=C/C(Br)=C/c1cccc(Cl)c1. The van der Waals surface area contributed by atoms with Crippen molar-refractivity contribution in [1.29, 1.82) is 0 Å². The maximum Gasteiger partial charge on any atom is 0.157 e. The molecule has 1 rings (SSSR count). The third-order valence-electron chi connectivity index (χ3n) is 1.27. The lowest BCUT2D eigenvalue weighted by Gasteiger charge is -1.93. The van der Waals surface area contributed by atoms with E-state index in [0.29, 0.717) is 9.51 Å². The summed E-state index contributed by atoms with van der Waals surface area (Å²) in [5, 5.41) is 0.662. The van der Waals surface area contributed by atoms with Gasteiger partial charge in [0.05, 0.1) is 4.48 Å². The molecule has 1 aromatic rings. The van der Waals surface area contributed by atoms with E-state index in [0.717, 1.165) is 11.8 Å². The van der Waals surface area contributed by atoms with E-state index in [2.05, 4.69) is 15.9 Å². The number of hydrogen-bond donors (Lipinski definition) is 0. The molecule has 0 heterocycles. The molecule has 0 N–H and O–H groups in total. The van der Waals surface area contributed by atoms with E-state index in [1.807, 2.05) is 12.1 Å². The zero-order valence-corrected chi connectivity index (χ0v) is 8.47. The van der Waals surface area contributed by atoms with Gasteiger partial charge in [-0.3, -0.25) is 4.79 Å². The Morgan fingerprint density at radius 2 is 2.25 bits per heavy atom. The first-order valence-corrected chi connectivity index (χ1v) is 4.47. The molecule has 62 valence electrons. The minimum atomic E-state index is 0.504. The summed E-state index contributed by atoms with van der Waals surface area (Å²) in [6.07, 6.45) is 2.44. The Bertz CT molecular complexity index is 320. The highest BCUT2D eigenvalue weighted by Crippen LogP contribution is 2.14. The lowest BCUT2D eigenvalue weighted by Crippen LogP contribution is -1.74. The van der Waals surface area contributed by atoms with Crippen LogP contribution in [-0.4, -0.2) is 6.29 Å². The molecule has 0 aliphatic rings. The Morgan fingerprint density at radius 3 is 2.83 bits per heavy atom. The molecule has 0 aliphatic carbocycles. The van der Waals surface area contributed by atoms with Crippen molar-refractivity contribution in [3.8, 4) is 0 Å². The summed E-state index contributed by atoms with van der Waals surface area (Å²) >= 11 is 8.83. The monoisotopic (exact) mass is 244 g/mol. The van der Waals surface area contributed by atoms with Crippen LogP contribution in [0.3, 0.4) is 0 Å². The number of benzene rings is 1. The van der Waals surface area contributed by atoms with Crippen LogP contribution in [-0.2, 0) is 4.79 Å². The lowest BCUT2D eigenvalue weighted by molar-refractivity contribution is -0.104. The second kappa shape index (κ2) is 4.43. The number of allylic oxidation sites excluding steroid dienone is 1. The van der Waals surface area contributed by atoms with Crippen LogP contribution in [0, 0.1) is 0 Å². The third-order valence-corrected chi connectivity index (χ3v) is 1.92. The van der Waals surface area contributed by atoms with Crippen molar-refractivity contribution in [3.63, 3.8) is 0 Å². The lowest BCUT2D eigenvalue weighted by atomic mass is 10.2. The van der Waals surface area contributed by atoms with Crippen molar-refractivity contribution in [2.24, 2.45) is 0 Å². The predicted octanol–water partition coefficient (Wildman–Crippen LogP) is 3.27. The first kappa shape index (κ1) is 9.49. The molecular formula is C9H6BrClO. The van der Waals surface area contributed by atoms with Gasteiger partial charge in [-0.05, 0) is 39.7 Å². The quantitative estimate of drug-likeness (QED) is 0.577. The van der Waals surface area contributed by atoms with E-state index in [9.17, 15) is 4.79 Å². The number of aldehydes is 1. The van der Waals surface area contributed by atoms with Crippen LogP contribution >= 0.6 is 27.5 Å². The van der Waals surface area contributed by atoms with Gasteiger partial charge in [0, 0.05) is 5.02 Å². The summed E-state index contributed by atoms with van der Waals surface area (Å²) in [6, 6.07) is 7.27. The molecule has 1 nitrogen and oxygen atoms in total. The van der Waals surface area contributed by atoms with Gasteiger partial charge in [0.15, 0.2) is 6.29 Å². The topological polar surface area (TPSA) is 17.1 Å². The Morgan fingerprint density at radius 1 is 1.50 bits per heavy atom. The van der Waals surface area contributed by atoms with Crippen LogP contribution in [0.4, 0.5) is 0 Å². The normalized spacial score (nSPS) is 11.3. The number of carbonyl (C=O) groups is 1. The number of carbonyl (C=O) groups excluding carboxylic acids is 1. The molecule has 0 saturated carbocycles. The van der Waals surface area contributed by atoms with E-state index in [1.54, 1.807) is 18.2 Å². The average molecular weight is 246 g/mol. The first-order chi connectivity index (χ1) is 5.72. The second-order valence-corrected chi connectivity index (χ2v) is 3.55. The minimum absolute atomic E-state index is 0.504. The summed E-state index contributed by atoms with van der Waals surface area (Å²) in [5.41, 5.74) is 0.904. The van der Waals surface area contributed by atoms with Crippen LogP contribution in [0.25, 0.3) is 6.08 Å². The van der Waals surface area contributed by atoms with E-state index < -0.39 is 0 Å². The minimum Gasteiger partial charge on any atom is -0.297 e. The van der Waals surface area contributed by atoms with Crippen molar-refractivity contribution >= 4 is 39.9 Å². The molecule has 0 radical (unpaired) electrons. The van der Waals surface area contributed by atoms with Gasteiger partial charge in [0.25, 0.3) is 0 Å². The van der Waals surface area contributed by atoms with Crippen molar-refractivity contribution in [2.75, 3.05) is 0 Å². The summed E-state index contributed by atoms with van der Waals surface area (Å²) in [4.78, 5) is 10.2. The standard InChI is InChI=1S/C9H6BrClO/c10-8(6-12)4-7-2-1-3-9(11)5-7/h1-6H/b8-4-. The van der Waals surface area contributed by atoms with E-state index in [1.165, 1.54) is 0 Å². The molecule has 0 aliphatic heterocycles. The molecule has 3 heteroatoms. The van der Waals surface area contributed by atoms with Crippen LogP contribution in [0.2, 0.25) is 5.02 Å². The van der Waals surface area contributed by atoms with Crippen molar-refractivity contribution in [1.82, 2.24) is 0 Å². The van der Waals surface area contributed by atoms with Crippen molar-refractivity contribution in [2.45, 2.75) is 0 Å². The molecule has 12 heavy (non-hydrogen) atoms. The molecule has 0 fully saturated rings. The highest BCUT2D eigenvalue weighted by atomic mass is 79.9. The summed E-state index contributed by atoms with van der Waals surface area (Å²) in [7, 11) is 0. The molecule has 0 atom stereocenters. The molecule has 1 aromatic carbocycles. The second-order valence-electron chi connectivity index (χ2n) is 2.20. The molecule has 0 amide bonds. The molecule has 0 aromatic heterocycles. The van der Waals surface area contributed by atoms with Crippen LogP contribution < -0.4 is 0 Å². The van der Waals surface area contributed by atoms with Gasteiger partial charge in [0.2, 0.25) is 0 Å². The van der Waals surface area contributed by atoms with Gasteiger partial charge >= 0.3 is 0 Å². The first-order valence-electron chi connectivity index (χ1n) is 3.30. The Labute approximate surface area is 84.2 Å². The molecule has 0 saturated heterocycles. The number of halogens is 2. The van der Waals surface area contributed by atoms with Gasteiger partial charge in [0.1, 0.15) is 0 Å².